The van der Waals surface area contributed by atoms with E-state index in [0.29, 0.717) is 36.8 Å². The van der Waals surface area contributed by atoms with Crippen LogP contribution >= 0.6 is 0 Å². The Bertz CT molecular complexity index is 1040. The van der Waals surface area contributed by atoms with Crippen molar-refractivity contribution in [1.29, 1.82) is 0 Å². The van der Waals surface area contributed by atoms with Gasteiger partial charge < -0.3 is 9.47 Å². The van der Waals surface area contributed by atoms with Crippen LogP contribution in [0.3, 0.4) is 0 Å². The molecule has 3 unspecified atom stereocenters. The van der Waals surface area contributed by atoms with Crippen LogP contribution in [-0.2, 0) is 14.3 Å². The van der Waals surface area contributed by atoms with Gasteiger partial charge in [0.25, 0.3) is 0 Å². The fraction of sp³-hybridized carbons (Fsp3) is 0.552. The smallest absolute Gasteiger partial charge is 0.188 e. The van der Waals surface area contributed by atoms with E-state index in [0.717, 1.165) is 50.5 Å². The Labute approximate surface area is 191 Å². The summed E-state index contributed by atoms with van der Waals surface area (Å²) in [5.74, 6) is 1.35. The molecular weight excluding hydrogens is 396 g/mol. The van der Waals surface area contributed by atoms with E-state index in [4.69, 9.17) is 9.47 Å². The molecule has 1 aromatic carbocycles. The predicted octanol–water partition coefficient (Wildman–Crippen LogP) is 6.36. The molecule has 0 radical (unpaired) electrons. The Kier molecular flexibility index (Phi) is 4.68. The van der Waals surface area contributed by atoms with Gasteiger partial charge in [0.2, 0.25) is 0 Å². The Morgan fingerprint density at radius 2 is 1.81 bits per heavy atom. The summed E-state index contributed by atoms with van der Waals surface area (Å²) in [6.45, 7) is 9.81. The summed E-state index contributed by atoms with van der Waals surface area (Å²) in [4.78, 5) is 13.1. The maximum absolute atomic E-state index is 13.1. The van der Waals surface area contributed by atoms with Crippen molar-refractivity contribution in [3.8, 4) is 0 Å². The fourth-order valence-electron chi connectivity index (χ4n) is 7.55. The number of allylic oxidation sites excluding steroid dienone is 4. The third-order valence-corrected chi connectivity index (χ3v) is 9.19. The summed E-state index contributed by atoms with van der Waals surface area (Å²) in [5, 5.41) is 0. The minimum absolute atomic E-state index is 0.179. The van der Waals surface area contributed by atoms with Crippen molar-refractivity contribution in [1.82, 2.24) is 0 Å². The van der Waals surface area contributed by atoms with Gasteiger partial charge in [-0.15, -0.1) is 0 Å². The number of fused-ring (bicyclic) bond motifs is 4. The second-order valence-corrected chi connectivity index (χ2v) is 10.9. The molecule has 4 aliphatic carbocycles. The van der Waals surface area contributed by atoms with E-state index in [2.05, 4.69) is 50.8 Å². The van der Waals surface area contributed by atoms with Gasteiger partial charge in [-0.3, -0.25) is 4.79 Å². The molecule has 2 saturated carbocycles. The molecule has 1 heterocycles. The first-order valence-corrected chi connectivity index (χ1v) is 12.4. The normalized spacial score (nSPS) is 35.4. The minimum Gasteiger partial charge on any atom is -0.344 e. The topological polar surface area (TPSA) is 35.5 Å². The van der Waals surface area contributed by atoms with Gasteiger partial charge >= 0.3 is 0 Å². The number of Topliss-reactive ketones (excluding diaryl/α,β-unsaturated/α-hetero) is 1. The Balaban J connectivity index is 1.48. The summed E-state index contributed by atoms with van der Waals surface area (Å²) in [6, 6.07) is 8.98. The standard InChI is InChI=1S/C29H34O3/c1-18(2)19-4-6-20(7-5-19)24-17-28(3)25(10-11-26(28)30)23-9-8-21-16-29(31-14-15-32-29)13-12-22(21)27(23)24/h4-7,16,23-25H,1,8-15,17H2,2-3H3/t23?,24?,25?,28-/m0/s1. The van der Waals surface area contributed by atoms with Crippen LogP contribution in [0.4, 0.5) is 0 Å². The summed E-state index contributed by atoms with van der Waals surface area (Å²) in [5.41, 5.74) is 8.10. The lowest BCUT2D eigenvalue weighted by Gasteiger charge is -2.51. The number of rotatable bonds is 2. The molecule has 0 N–H and O–H groups in total. The average molecular weight is 431 g/mol. The molecule has 1 aliphatic heterocycles. The SMILES string of the molecule is C=C(C)c1ccc(C2C[C@]3(C)C(=O)CCC3C3CCC4=CC5(CCC4=C23)OCCO5)cc1. The third kappa shape index (κ3) is 2.97. The number of ether oxygens (including phenoxy) is 2. The number of hydrogen-bond donors (Lipinski definition) is 0. The molecule has 5 aliphatic rings. The van der Waals surface area contributed by atoms with Crippen molar-refractivity contribution in [2.45, 2.75) is 70.5 Å². The molecule has 1 spiro atoms. The van der Waals surface area contributed by atoms with E-state index in [9.17, 15) is 4.79 Å². The zero-order valence-corrected chi connectivity index (χ0v) is 19.4. The molecular formula is C29H34O3. The number of benzene rings is 1. The van der Waals surface area contributed by atoms with E-state index in [1.165, 1.54) is 16.7 Å². The largest absolute Gasteiger partial charge is 0.344 e. The van der Waals surface area contributed by atoms with Gasteiger partial charge in [0.15, 0.2) is 5.79 Å². The fourth-order valence-corrected chi connectivity index (χ4v) is 7.55. The van der Waals surface area contributed by atoms with E-state index >= 15 is 0 Å². The van der Waals surface area contributed by atoms with Gasteiger partial charge in [0, 0.05) is 24.2 Å². The maximum atomic E-state index is 13.1. The maximum Gasteiger partial charge on any atom is 0.188 e. The number of carbonyl (C=O) groups is 1. The monoisotopic (exact) mass is 430 g/mol. The molecule has 0 bridgehead atoms. The first kappa shape index (κ1) is 20.6. The van der Waals surface area contributed by atoms with Crippen LogP contribution in [0.2, 0.25) is 0 Å². The van der Waals surface area contributed by atoms with E-state index in [-0.39, 0.29) is 5.41 Å². The second-order valence-electron chi connectivity index (χ2n) is 10.9. The quantitative estimate of drug-likeness (QED) is 0.547. The Hall–Kier alpha value is -1.97. The lowest BCUT2D eigenvalue weighted by molar-refractivity contribution is -0.128. The van der Waals surface area contributed by atoms with Gasteiger partial charge in [-0.25, -0.2) is 0 Å². The highest BCUT2D eigenvalue weighted by Crippen LogP contribution is 2.63. The van der Waals surface area contributed by atoms with Crippen molar-refractivity contribution in [3.63, 3.8) is 0 Å². The number of hydrogen-bond acceptors (Lipinski definition) is 3. The van der Waals surface area contributed by atoms with Gasteiger partial charge in [-0.1, -0.05) is 48.9 Å². The molecule has 0 amide bonds. The molecule has 1 aromatic rings. The van der Waals surface area contributed by atoms with Crippen LogP contribution in [0.25, 0.3) is 5.57 Å². The van der Waals surface area contributed by atoms with Crippen molar-refractivity contribution in [2.24, 2.45) is 17.3 Å². The molecule has 1 saturated heterocycles. The molecule has 6 rings (SSSR count). The predicted molar refractivity (Wildman–Crippen MR) is 126 cm³/mol. The van der Waals surface area contributed by atoms with Gasteiger partial charge in [-0.2, -0.15) is 0 Å². The second kappa shape index (κ2) is 7.27. The van der Waals surface area contributed by atoms with E-state index in [1.807, 2.05) is 0 Å². The minimum atomic E-state index is -0.489. The van der Waals surface area contributed by atoms with Crippen molar-refractivity contribution < 1.29 is 14.3 Å². The van der Waals surface area contributed by atoms with Gasteiger partial charge in [-0.05, 0) is 79.2 Å². The van der Waals surface area contributed by atoms with E-state index in [1.54, 1.807) is 11.1 Å². The van der Waals surface area contributed by atoms with Gasteiger partial charge in [0.05, 0.1) is 13.2 Å². The first-order valence-electron chi connectivity index (χ1n) is 12.4. The van der Waals surface area contributed by atoms with E-state index < -0.39 is 5.79 Å². The molecule has 3 heteroatoms. The number of ketones is 1. The van der Waals surface area contributed by atoms with Crippen molar-refractivity contribution in [3.05, 3.63) is 64.8 Å². The van der Waals surface area contributed by atoms with Crippen LogP contribution in [0.5, 0.6) is 0 Å². The Morgan fingerprint density at radius 3 is 2.53 bits per heavy atom. The molecule has 168 valence electrons. The highest BCUT2D eigenvalue weighted by Gasteiger charge is 2.56. The molecule has 3 nitrogen and oxygen atoms in total. The third-order valence-electron chi connectivity index (χ3n) is 9.19. The average Bonchev–Trinajstić information content (AvgIpc) is 3.37. The summed E-state index contributed by atoms with van der Waals surface area (Å²) in [7, 11) is 0. The van der Waals surface area contributed by atoms with Crippen LogP contribution in [0.1, 0.15) is 75.8 Å². The lowest BCUT2D eigenvalue weighted by atomic mass is 9.53. The number of carbonyl (C=O) groups excluding carboxylic acids is 1. The van der Waals surface area contributed by atoms with Crippen LogP contribution in [-0.4, -0.2) is 24.8 Å². The molecule has 32 heavy (non-hydrogen) atoms. The molecule has 3 fully saturated rings. The highest BCUT2D eigenvalue weighted by atomic mass is 16.7. The van der Waals surface area contributed by atoms with Crippen LogP contribution < -0.4 is 0 Å². The first-order chi connectivity index (χ1) is 15.4. The molecule has 0 aromatic heterocycles. The summed E-state index contributed by atoms with van der Waals surface area (Å²) >= 11 is 0. The summed E-state index contributed by atoms with van der Waals surface area (Å²) < 4.78 is 12.1. The lowest BCUT2D eigenvalue weighted by Crippen LogP contribution is -2.44. The summed E-state index contributed by atoms with van der Waals surface area (Å²) in [6.07, 6.45) is 9.23. The van der Waals surface area contributed by atoms with Gasteiger partial charge in [0.1, 0.15) is 5.78 Å². The zero-order chi connectivity index (χ0) is 22.1. The van der Waals surface area contributed by atoms with Crippen molar-refractivity contribution in [2.75, 3.05) is 13.2 Å². The Morgan fingerprint density at radius 1 is 1.06 bits per heavy atom. The van der Waals surface area contributed by atoms with Crippen LogP contribution in [0, 0.1) is 17.3 Å². The van der Waals surface area contributed by atoms with Crippen LogP contribution in [0.15, 0.2) is 53.6 Å². The molecule has 4 atom stereocenters. The highest BCUT2D eigenvalue weighted by molar-refractivity contribution is 5.87. The zero-order valence-electron chi connectivity index (χ0n) is 19.4. The van der Waals surface area contributed by atoms with Crippen molar-refractivity contribution >= 4 is 11.4 Å².